The lowest BCUT2D eigenvalue weighted by molar-refractivity contribution is -0.137. The quantitative estimate of drug-likeness (QED) is 0.759. The van der Waals surface area contributed by atoms with Gasteiger partial charge >= 0.3 is 0 Å². The van der Waals surface area contributed by atoms with Crippen LogP contribution in [-0.2, 0) is 4.79 Å². The van der Waals surface area contributed by atoms with Crippen molar-refractivity contribution in [3.63, 3.8) is 0 Å². The van der Waals surface area contributed by atoms with E-state index in [1.165, 1.54) is 6.42 Å². The highest BCUT2D eigenvalue weighted by molar-refractivity contribution is 5.96. The molecule has 1 aromatic carbocycles. The molecule has 2 amide bonds. The molecule has 7 nitrogen and oxygen atoms in total. The number of nitrogens with zero attached hydrogens (tertiary/aromatic N) is 5. The lowest BCUT2D eigenvalue weighted by Gasteiger charge is -2.39. The first-order chi connectivity index (χ1) is 15.0. The van der Waals surface area contributed by atoms with Crippen molar-refractivity contribution < 1.29 is 9.59 Å². The number of para-hydroxylation sites is 1. The molecule has 1 atom stereocenters. The number of aryl methyl sites for hydroxylation is 1. The summed E-state index contributed by atoms with van der Waals surface area (Å²) < 4.78 is 1.85. The van der Waals surface area contributed by atoms with Gasteiger partial charge in [-0.05, 0) is 52.2 Å². The summed E-state index contributed by atoms with van der Waals surface area (Å²) >= 11 is 0. The number of likely N-dealkylation sites (tertiary alicyclic amines) is 1. The van der Waals surface area contributed by atoms with Gasteiger partial charge in [0.15, 0.2) is 0 Å². The van der Waals surface area contributed by atoms with E-state index < -0.39 is 0 Å². The maximum absolute atomic E-state index is 13.3. The predicted octanol–water partition coefficient (Wildman–Crippen LogP) is 2.65. The molecular weight excluding hydrogens is 390 g/mol. The third kappa shape index (κ3) is 4.37. The average molecular weight is 424 g/mol. The van der Waals surface area contributed by atoms with Gasteiger partial charge in [0.1, 0.15) is 0 Å². The number of hydrogen-bond donors (Lipinski definition) is 0. The first kappa shape index (κ1) is 21.6. The SMILES string of the molecule is Cc1nn(-c2ccccc2)c(C)c1C(=O)N1CCN(C(C)C(=O)N2CCCCC2)CC1. The highest BCUT2D eigenvalue weighted by Crippen LogP contribution is 2.21. The van der Waals surface area contributed by atoms with Gasteiger partial charge in [-0.25, -0.2) is 4.68 Å². The second-order valence-electron chi connectivity index (χ2n) is 8.68. The molecule has 1 aromatic heterocycles. The Bertz CT molecular complexity index is 925. The zero-order chi connectivity index (χ0) is 22.0. The van der Waals surface area contributed by atoms with Crippen molar-refractivity contribution in [1.29, 1.82) is 0 Å². The van der Waals surface area contributed by atoms with Crippen LogP contribution in [0, 0.1) is 13.8 Å². The largest absolute Gasteiger partial charge is 0.341 e. The fourth-order valence-electron chi connectivity index (χ4n) is 4.78. The maximum atomic E-state index is 13.3. The second-order valence-corrected chi connectivity index (χ2v) is 8.68. The predicted molar refractivity (Wildman–Crippen MR) is 120 cm³/mol. The first-order valence-corrected chi connectivity index (χ1v) is 11.4. The minimum absolute atomic E-state index is 0.0341. The van der Waals surface area contributed by atoms with Crippen molar-refractivity contribution in [2.45, 2.75) is 46.1 Å². The summed E-state index contributed by atoms with van der Waals surface area (Å²) in [7, 11) is 0. The summed E-state index contributed by atoms with van der Waals surface area (Å²) in [6.07, 6.45) is 3.44. The average Bonchev–Trinajstić information content (AvgIpc) is 3.12. The highest BCUT2D eigenvalue weighted by Gasteiger charge is 2.32. The van der Waals surface area contributed by atoms with Crippen molar-refractivity contribution in [3.05, 3.63) is 47.3 Å². The number of piperidine rings is 1. The third-order valence-electron chi connectivity index (χ3n) is 6.68. The summed E-state index contributed by atoms with van der Waals surface area (Å²) in [5, 5.41) is 4.62. The zero-order valence-electron chi connectivity index (χ0n) is 18.9. The first-order valence-electron chi connectivity index (χ1n) is 11.4. The minimum atomic E-state index is -0.125. The molecular formula is C24H33N5O2. The fraction of sp³-hybridized carbons (Fsp3) is 0.542. The Balaban J connectivity index is 1.41. The molecule has 2 fully saturated rings. The van der Waals surface area contributed by atoms with Crippen molar-refractivity contribution in [3.8, 4) is 5.69 Å². The van der Waals surface area contributed by atoms with Crippen LogP contribution in [-0.4, -0.2) is 81.6 Å². The molecule has 7 heteroatoms. The standard InChI is InChI=1S/C24H33N5O2/c1-18-22(19(2)29(25-18)21-10-6-4-7-11-21)24(31)28-16-14-26(15-17-28)20(3)23(30)27-12-8-5-9-13-27/h4,6-7,10-11,20H,5,8-9,12-17H2,1-3H3. The van der Waals surface area contributed by atoms with Crippen LogP contribution in [0.3, 0.4) is 0 Å². The number of carbonyl (C=O) groups is 2. The molecule has 0 N–H and O–H groups in total. The van der Waals surface area contributed by atoms with E-state index in [9.17, 15) is 9.59 Å². The van der Waals surface area contributed by atoms with Gasteiger partial charge in [-0.15, -0.1) is 0 Å². The van der Waals surface area contributed by atoms with Crippen LogP contribution >= 0.6 is 0 Å². The summed E-state index contributed by atoms with van der Waals surface area (Å²) in [5.41, 5.74) is 3.26. The molecule has 2 aliphatic rings. The van der Waals surface area contributed by atoms with Gasteiger partial charge in [-0.2, -0.15) is 5.10 Å². The summed E-state index contributed by atoms with van der Waals surface area (Å²) in [4.78, 5) is 32.3. The topological polar surface area (TPSA) is 61.7 Å². The monoisotopic (exact) mass is 423 g/mol. The molecule has 166 valence electrons. The van der Waals surface area contributed by atoms with Gasteiger partial charge in [-0.1, -0.05) is 18.2 Å². The number of benzene rings is 1. The van der Waals surface area contributed by atoms with Crippen LogP contribution in [0.15, 0.2) is 30.3 Å². The van der Waals surface area contributed by atoms with Crippen LogP contribution in [0.25, 0.3) is 5.69 Å². The van der Waals surface area contributed by atoms with E-state index in [0.29, 0.717) is 18.7 Å². The van der Waals surface area contributed by atoms with Crippen molar-refractivity contribution in [1.82, 2.24) is 24.5 Å². The molecule has 0 saturated carbocycles. The Labute approximate surface area is 184 Å². The van der Waals surface area contributed by atoms with Crippen LogP contribution in [0.4, 0.5) is 0 Å². The Morgan fingerprint density at radius 2 is 1.52 bits per heavy atom. The molecule has 2 aromatic rings. The van der Waals surface area contributed by atoms with E-state index in [2.05, 4.69) is 10.00 Å². The van der Waals surface area contributed by atoms with Crippen LogP contribution in [0.2, 0.25) is 0 Å². The van der Waals surface area contributed by atoms with Crippen LogP contribution in [0.5, 0.6) is 0 Å². The number of piperazine rings is 1. The molecule has 0 aliphatic carbocycles. The lowest BCUT2D eigenvalue weighted by Crippen LogP contribution is -2.56. The highest BCUT2D eigenvalue weighted by atomic mass is 16.2. The Kier molecular flexibility index (Phi) is 6.41. The molecule has 3 heterocycles. The van der Waals surface area contributed by atoms with Gasteiger partial charge in [0.05, 0.1) is 28.7 Å². The molecule has 31 heavy (non-hydrogen) atoms. The van der Waals surface area contributed by atoms with E-state index in [1.54, 1.807) is 0 Å². The van der Waals surface area contributed by atoms with Gasteiger partial charge in [0.25, 0.3) is 5.91 Å². The molecule has 2 saturated heterocycles. The number of carbonyl (C=O) groups excluding carboxylic acids is 2. The summed E-state index contributed by atoms with van der Waals surface area (Å²) in [5.74, 6) is 0.266. The molecule has 0 radical (unpaired) electrons. The Morgan fingerprint density at radius 3 is 2.16 bits per heavy atom. The van der Waals surface area contributed by atoms with Crippen molar-refractivity contribution in [2.24, 2.45) is 0 Å². The number of hydrogen-bond acceptors (Lipinski definition) is 4. The van der Waals surface area contributed by atoms with E-state index >= 15 is 0 Å². The molecule has 0 spiro atoms. The van der Waals surface area contributed by atoms with Crippen molar-refractivity contribution in [2.75, 3.05) is 39.3 Å². The number of aromatic nitrogens is 2. The van der Waals surface area contributed by atoms with E-state index in [1.807, 2.05) is 65.6 Å². The normalized spacial score (nSPS) is 18.8. The second kappa shape index (κ2) is 9.22. The van der Waals surface area contributed by atoms with Crippen LogP contribution < -0.4 is 0 Å². The number of amides is 2. The van der Waals surface area contributed by atoms with E-state index in [0.717, 1.165) is 56.1 Å². The van der Waals surface area contributed by atoms with Gasteiger partial charge in [-0.3, -0.25) is 14.5 Å². The van der Waals surface area contributed by atoms with E-state index in [4.69, 9.17) is 0 Å². The smallest absolute Gasteiger partial charge is 0.257 e. The molecule has 1 unspecified atom stereocenters. The van der Waals surface area contributed by atoms with Gasteiger partial charge in [0.2, 0.25) is 5.91 Å². The Morgan fingerprint density at radius 1 is 0.871 bits per heavy atom. The Hall–Kier alpha value is -2.67. The minimum Gasteiger partial charge on any atom is -0.341 e. The zero-order valence-corrected chi connectivity index (χ0v) is 18.9. The third-order valence-corrected chi connectivity index (χ3v) is 6.68. The van der Waals surface area contributed by atoms with Gasteiger partial charge in [0, 0.05) is 39.3 Å². The molecule has 4 rings (SSSR count). The fourth-order valence-corrected chi connectivity index (χ4v) is 4.78. The summed E-state index contributed by atoms with van der Waals surface area (Å²) in [6, 6.07) is 9.77. The van der Waals surface area contributed by atoms with Crippen molar-refractivity contribution >= 4 is 11.8 Å². The molecule has 0 bridgehead atoms. The van der Waals surface area contributed by atoms with E-state index in [-0.39, 0.29) is 17.9 Å². The summed E-state index contributed by atoms with van der Waals surface area (Å²) in [6.45, 7) is 10.3. The lowest BCUT2D eigenvalue weighted by atomic mass is 10.1. The maximum Gasteiger partial charge on any atom is 0.257 e. The van der Waals surface area contributed by atoms with Crippen LogP contribution in [0.1, 0.15) is 47.9 Å². The number of rotatable bonds is 4. The van der Waals surface area contributed by atoms with Gasteiger partial charge < -0.3 is 9.80 Å². The molecule has 2 aliphatic heterocycles.